The van der Waals surface area contributed by atoms with Crippen molar-refractivity contribution in [1.29, 1.82) is 5.41 Å². The van der Waals surface area contributed by atoms with Crippen LogP contribution in [-0.2, 0) is 14.3 Å². The molecule has 1 rings (SSSR count). The first-order chi connectivity index (χ1) is 6.79. The second-order valence-electron chi connectivity index (χ2n) is 3.23. The van der Waals surface area contributed by atoms with Gasteiger partial charge in [-0.05, 0) is 13.3 Å². The van der Waals surface area contributed by atoms with Gasteiger partial charge in [-0.1, -0.05) is 0 Å². The van der Waals surface area contributed by atoms with E-state index in [4.69, 9.17) is 10.2 Å². The van der Waals surface area contributed by atoms with Crippen LogP contribution in [0.3, 0.4) is 0 Å². The highest BCUT2D eigenvalue weighted by molar-refractivity contribution is 5.80. The molecule has 7 nitrogen and oxygen atoms in total. The number of hydrogen-bond donors (Lipinski definition) is 4. The topological polar surface area (TPSA) is 128 Å². The van der Waals surface area contributed by atoms with E-state index in [1.54, 1.807) is 0 Å². The Balaban J connectivity index is 0.000000583. The summed E-state index contributed by atoms with van der Waals surface area (Å²) in [5.41, 5.74) is -2.23. The maximum atomic E-state index is 11.0. The third kappa shape index (κ3) is 3.10. The molecule has 0 radical (unpaired) electrons. The summed E-state index contributed by atoms with van der Waals surface area (Å²) < 4.78 is 4.54. The van der Waals surface area contributed by atoms with E-state index in [-0.39, 0.29) is 13.0 Å². The molecule has 1 saturated heterocycles. The van der Waals surface area contributed by atoms with Crippen molar-refractivity contribution in [2.24, 2.45) is 0 Å². The van der Waals surface area contributed by atoms with Crippen molar-refractivity contribution < 1.29 is 29.6 Å². The summed E-state index contributed by atoms with van der Waals surface area (Å²) in [5, 5.41) is 33.3. The van der Waals surface area contributed by atoms with Gasteiger partial charge in [0.05, 0.1) is 6.61 Å². The second-order valence-corrected chi connectivity index (χ2v) is 3.23. The zero-order valence-electron chi connectivity index (χ0n) is 8.19. The molecular formula is C8H13NO6. The van der Waals surface area contributed by atoms with Crippen LogP contribution in [0, 0.1) is 5.41 Å². The first kappa shape index (κ1) is 13.7. The van der Waals surface area contributed by atoms with Gasteiger partial charge in [-0.3, -0.25) is 0 Å². The molecule has 0 spiro atoms. The van der Waals surface area contributed by atoms with E-state index in [0.717, 1.165) is 13.0 Å². The summed E-state index contributed by atoms with van der Waals surface area (Å²) in [6, 6.07) is 0. The van der Waals surface area contributed by atoms with Crippen molar-refractivity contribution in [3.63, 3.8) is 0 Å². The first-order valence-corrected chi connectivity index (χ1v) is 4.18. The van der Waals surface area contributed by atoms with Gasteiger partial charge in [-0.2, -0.15) is 0 Å². The molecule has 1 fully saturated rings. The summed E-state index contributed by atoms with van der Waals surface area (Å²) in [7, 11) is 0. The third-order valence-corrected chi connectivity index (χ3v) is 2.08. The second kappa shape index (κ2) is 4.99. The van der Waals surface area contributed by atoms with Crippen LogP contribution >= 0.6 is 0 Å². The van der Waals surface area contributed by atoms with Gasteiger partial charge >= 0.3 is 5.97 Å². The number of carbonyl (C=O) groups is 1. The lowest BCUT2D eigenvalue weighted by atomic mass is 9.92. The Morgan fingerprint density at radius 1 is 1.47 bits per heavy atom. The van der Waals surface area contributed by atoms with E-state index in [2.05, 4.69) is 4.74 Å². The molecular weight excluding hydrogens is 206 g/mol. The predicted octanol–water partition coefficient (Wildman–Crippen LogP) is -1.34. The molecule has 0 saturated carbocycles. The van der Waals surface area contributed by atoms with Gasteiger partial charge in [-0.15, -0.1) is 0 Å². The van der Waals surface area contributed by atoms with Crippen LogP contribution in [0.4, 0.5) is 0 Å². The number of hydrogen-bond acceptors (Lipinski definition) is 7. The van der Waals surface area contributed by atoms with Crippen LogP contribution in [0.15, 0.2) is 0 Å². The fourth-order valence-corrected chi connectivity index (χ4v) is 1.03. The smallest absolute Gasteiger partial charge is 0.343 e. The van der Waals surface area contributed by atoms with Crippen LogP contribution in [0.25, 0.3) is 0 Å². The molecule has 1 aliphatic rings. The van der Waals surface area contributed by atoms with Gasteiger partial charge in [0, 0.05) is 6.42 Å². The summed E-state index contributed by atoms with van der Waals surface area (Å²) in [6.45, 7) is 1.14. The maximum absolute atomic E-state index is 11.0. The molecule has 15 heavy (non-hydrogen) atoms. The van der Waals surface area contributed by atoms with Crippen molar-refractivity contribution in [2.45, 2.75) is 31.2 Å². The highest BCUT2D eigenvalue weighted by atomic mass is 16.6. The molecule has 4 N–H and O–H groups in total. The number of rotatable bonds is 0. The van der Waals surface area contributed by atoms with Crippen LogP contribution in [0.1, 0.15) is 19.8 Å². The lowest BCUT2D eigenvalue weighted by Gasteiger charge is -2.31. The number of esters is 1. The fourth-order valence-electron chi connectivity index (χ4n) is 1.03. The summed E-state index contributed by atoms with van der Waals surface area (Å²) in [6.07, 6.45) is 1.00. The Bertz CT molecular complexity index is 266. The van der Waals surface area contributed by atoms with Crippen molar-refractivity contribution in [3.05, 3.63) is 0 Å². The molecule has 0 aromatic rings. The van der Waals surface area contributed by atoms with Gasteiger partial charge in [0.15, 0.2) is 0 Å². The Labute approximate surface area is 85.8 Å². The minimum absolute atomic E-state index is 0.0776. The van der Waals surface area contributed by atoms with Crippen LogP contribution in [-0.4, -0.2) is 45.4 Å². The molecule has 0 aromatic heterocycles. The number of cyclic esters (lactones) is 1. The van der Waals surface area contributed by atoms with Crippen molar-refractivity contribution in [2.75, 3.05) is 6.61 Å². The summed E-state index contributed by atoms with van der Waals surface area (Å²) in [5.74, 6) is -3.38. The zero-order valence-corrected chi connectivity index (χ0v) is 8.19. The van der Waals surface area contributed by atoms with Crippen LogP contribution < -0.4 is 0 Å². The SMILES string of the molecule is CC1(O)C(=O)OCCCC1(O)O.N=C=O. The quantitative estimate of drug-likeness (QED) is 0.173. The van der Waals surface area contributed by atoms with Gasteiger partial charge in [-0.25, -0.2) is 15.0 Å². The average Bonchev–Trinajstić information content (AvgIpc) is 2.19. The van der Waals surface area contributed by atoms with Crippen molar-refractivity contribution >= 4 is 12.0 Å². The molecule has 0 aromatic carbocycles. The molecule has 7 heteroatoms. The van der Waals surface area contributed by atoms with E-state index in [1.165, 1.54) is 0 Å². The van der Waals surface area contributed by atoms with Crippen LogP contribution in [0.2, 0.25) is 0 Å². The first-order valence-electron chi connectivity index (χ1n) is 4.18. The molecule has 1 aliphatic heterocycles. The molecule has 1 unspecified atom stereocenters. The number of carbonyl (C=O) groups excluding carboxylic acids is 2. The Kier molecular flexibility index (Phi) is 4.57. The van der Waals surface area contributed by atoms with E-state index >= 15 is 0 Å². The van der Waals surface area contributed by atoms with Gasteiger partial charge in [0.1, 0.15) is 0 Å². The Hall–Kier alpha value is -1.27. The van der Waals surface area contributed by atoms with Crippen LogP contribution in [0.5, 0.6) is 0 Å². The highest BCUT2D eigenvalue weighted by Crippen LogP contribution is 2.28. The predicted molar refractivity (Wildman–Crippen MR) is 46.4 cm³/mol. The average molecular weight is 219 g/mol. The standard InChI is InChI=1S/C7H12O5.CHNO/c1-6(9)5(8)12-4-2-3-7(6,10)11;2-1-3/h9-11H,2-4H2,1H3;2H. The minimum Gasteiger partial charge on any atom is -0.463 e. The van der Waals surface area contributed by atoms with E-state index in [9.17, 15) is 20.1 Å². The molecule has 1 atom stereocenters. The van der Waals surface area contributed by atoms with Crippen molar-refractivity contribution in [1.82, 2.24) is 0 Å². The van der Waals surface area contributed by atoms with Gasteiger partial charge in [0.25, 0.3) is 0 Å². The van der Waals surface area contributed by atoms with Gasteiger partial charge in [0.2, 0.25) is 17.5 Å². The number of nitrogens with one attached hydrogen (secondary N) is 1. The minimum atomic E-state index is -2.39. The summed E-state index contributed by atoms with van der Waals surface area (Å²) >= 11 is 0. The van der Waals surface area contributed by atoms with E-state index in [0.29, 0.717) is 6.42 Å². The Morgan fingerprint density at radius 2 is 1.93 bits per heavy atom. The monoisotopic (exact) mass is 219 g/mol. The molecule has 0 amide bonds. The third-order valence-electron chi connectivity index (χ3n) is 2.08. The lowest BCUT2D eigenvalue weighted by Crippen LogP contribution is -2.56. The Morgan fingerprint density at radius 3 is 2.40 bits per heavy atom. The lowest BCUT2D eigenvalue weighted by molar-refractivity contribution is -0.265. The normalized spacial score (nSPS) is 28.9. The number of aliphatic hydroxyl groups is 3. The fraction of sp³-hybridized carbons (Fsp3) is 0.750. The maximum Gasteiger partial charge on any atom is 0.343 e. The molecule has 1 heterocycles. The largest absolute Gasteiger partial charge is 0.463 e. The van der Waals surface area contributed by atoms with Crippen molar-refractivity contribution in [3.8, 4) is 0 Å². The number of isocyanates is 1. The van der Waals surface area contributed by atoms with E-state index < -0.39 is 17.4 Å². The molecule has 86 valence electrons. The van der Waals surface area contributed by atoms with Gasteiger partial charge < -0.3 is 20.1 Å². The molecule has 0 aliphatic carbocycles. The molecule has 0 bridgehead atoms. The summed E-state index contributed by atoms with van der Waals surface area (Å²) in [4.78, 5) is 19.3. The number of ether oxygens (including phenoxy) is 1. The zero-order chi connectivity index (χ0) is 12.1. The highest BCUT2D eigenvalue weighted by Gasteiger charge is 2.52. The van der Waals surface area contributed by atoms with E-state index in [1.807, 2.05) is 0 Å².